The average molecular weight is 361 g/mol. The van der Waals surface area contributed by atoms with Gasteiger partial charge in [-0.3, -0.25) is 0 Å². The third-order valence-electron chi connectivity index (χ3n) is 4.81. The summed E-state index contributed by atoms with van der Waals surface area (Å²) in [6.45, 7) is 3.67. The highest BCUT2D eigenvalue weighted by Crippen LogP contribution is 2.15. The maximum absolute atomic E-state index is 12.5. The van der Waals surface area contributed by atoms with E-state index in [-0.39, 0.29) is 6.03 Å². The molecule has 0 atom stereocenters. The number of amides is 2. The summed E-state index contributed by atoms with van der Waals surface area (Å²) in [5.41, 5.74) is 3.26. The van der Waals surface area contributed by atoms with E-state index in [2.05, 4.69) is 27.4 Å². The maximum Gasteiger partial charge on any atom is 0.317 e. The molecule has 1 aliphatic rings. The molecule has 0 aliphatic carbocycles. The molecule has 1 fully saturated rings. The van der Waals surface area contributed by atoms with Gasteiger partial charge in [-0.1, -0.05) is 30.3 Å². The number of nitrogens with one attached hydrogen (secondary N) is 1. The monoisotopic (exact) mass is 361 g/mol. The zero-order valence-electron chi connectivity index (χ0n) is 15.2. The van der Waals surface area contributed by atoms with Gasteiger partial charge in [0, 0.05) is 50.8 Å². The Morgan fingerprint density at radius 3 is 2.44 bits per heavy atom. The van der Waals surface area contributed by atoms with Crippen molar-refractivity contribution in [2.45, 2.75) is 6.54 Å². The third kappa shape index (κ3) is 4.11. The molecule has 6 heteroatoms. The summed E-state index contributed by atoms with van der Waals surface area (Å²) in [7, 11) is 0. The van der Waals surface area contributed by atoms with Crippen LogP contribution in [0.2, 0.25) is 0 Å². The molecular formula is C21H23N5O. The second-order valence-electron chi connectivity index (χ2n) is 6.59. The summed E-state index contributed by atoms with van der Waals surface area (Å²) in [6.07, 6.45) is 3.66. The fraction of sp³-hybridized carbons (Fsp3) is 0.238. The summed E-state index contributed by atoms with van der Waals surface area (Å²) in [4.78, 5) is 16.7. The van der Waals surface area contributed by atoms with Crippen LogP contribution < -0.4 is 10.2 Å². The molecule has 3 aromatic rings. The third-order valence-corrected chi connectivity index (χ3v) is 4.81. The lowest BCUT2D eigenvalue weighted by molar-refractivity contribution is 0.194. The highest BCUT2D eigenvalue weighted by Gasteiger charge is 2.20. The van der Waals surface area contributed by atoms with Crippen molar-refractivity contribution in [1.82, 2.24) is 20.0 Å². The van der Waals surface area contributed by atoms with Gasteiger partial charge in [-0.2, -0.15) is 5.10 Å². The minimum absolute atomic E-state index is 0.00722. The summed E-state index contributed by atoms with van der Waals surface area (Å²) in [6, 6.07) is 20.3. The molecule has 0 saturated carbocycles. The predicted molar refractivity (Wildman–Crippen MR) is 106 cm³/mol. The Balaban J connectivity index is 1.30. The normalized spacial score (nSPS) is 14.2. The Morgan fingerprint density at radius 2 is 1.70 bits per heavy atom. The fourth-order valence-electron chi connectivity index (χ4n) is 3.33. The second kappa shape index (κ2) is 7.95. The molecule has 2 amide bonds. The molecule has 0 bridgehead atoms. The summed E-state index contributed by atoms with van der Waals surface area (Å²) >= 11 is 0. The number of piperazine rings is 1. The van der Waals surface area contributed by atoms with Crippen molar-refractivity contribution in [1.29, 1.82) is 0 Å². The van der Waals surface area contributed by atoms with Crippen LogP contribution >= 0.6 is 0 Å². The molecule has 0 spiro atoms. The van der Waals surface area contributed by atoms with E-state index in [1.165, 1.54) is 5.69 Å². The summed E-state index contributed by atoms with van der Waals surface area (Å²) in [5, 5.41) is 7.28. The van der Waals surface area contributed by atoms with Gasteiger partial charge in [0.25, 0.3) is 0 Å². The van der Waals surface area contributed by atoms with Crippen LogP contribution in [0.1, 0.15) is 5.56 Å². The molecule has 1 N–H and O–H groups in total. The van der Waals surface area contributed by atoms with E-state index in [0.29, 0.717) is 6.54 Å². The van der Waals surface area contributed by atoms with Gasteiger partial charge in [0.2, 0.25) is 0 Å². The van der Waals surface area contributed by atoms with Crippen molar-refractivity contribution in [2.24, 2.45) is 0 Å². The van der Waals surface area contributed by atoms with Crippen LogP contribution in [-0.2, 0) is 6.54 Å². The molecule has 27 heavy (non-hydrogen) atoms. The van der Waals surface area contributed by atoms with E-state index in [9.17, 15) is 4.79 Å². The van der Waals surface area contributed by atoms with E-state index in [1.807, 2.05) is 64.3 Å². The van der Waals surface area contributed by atoms with Crippen LogP contribution in [0.25, 0.3) is 5.69 Å². The number of benzene rings is 2. The standard InChI is InChI=1S/C21H23N5O/c27-21(25-14-12-24(13-15-25)19-7-2-1-3-8-19)22-17-18-6-4-9-20(16-18)26-11-5-10-23-26/h1-11,16H,12-15,17H2,(H,22,27). The van der Waals surface area contributed by atoms with Gasteiger partial charge in [-0.15, -0.1) is 0 Å². The maximum atomic E-state index is 12.5. The molecule has 1 aromatic heterocycles. The Bertz CT molecular complexity index is 871. The van der Waals surface area contributed by atoms with Gasteiger partial charge in [0.15, 0.2) is 0 Å². The van der Waals surface area contributed by atoms with Gasteiger partial charge in [0.05, 0.1) is 5.69 Å². The van der Waals surface area contributed by atoms with Gasteiger partial charge in [-0.05, 0) is 35.9 Å². The summed E-state index contributed by atoms with van der Waals surface area (Å²) < 4.78 is 1.81. The Kier molecular flexibility index (Phi) is 5.05. The number of urea groups is 1. The molecule has 2 heterocycles. The number of hydrogen-bond acceptors (Lipinski definition) is 3. The van der Waals surface area contributed by atoms with Crippen LogP contribution in [0.4, 0.5) is 10.5 Å². The first-order valence-corrected chi connectivity index (χ1v) is 9.21. The smallest absolute Gasteiger partial charge is 0.317 e. The summed E-state index contributed by atoms with van der Waals surface area (Å²) in [5.74, 6) is 0. The number of rotatable bonds is 4. The van der Waals surface area contributed by atoms with E-state index >= 15 is 0 Å². The van der Waals surface area contributed by atoms with Gasteiger partial charge < -0.3 is 15.1 Å². The molecular weight excluding hydrogens is 338 g/mol. The van der Waals surface area contributed by atoms with Gasteiger partial charge in [0.1, 0.15) is 0 Å². The highest BCUT2D eigenvalue weighted by molar-refractivity contribution is 5.74. The lowest BCUT2D eigenvalue weighted by Gasteiger charge is -2.36. The Hall–Kier alpha value is -3.28. The number of carbonyl (C=O) groups is 1. The first-order chi connectivity index (χ1) is 13.3. The fourth-order valence-corrected chi connectivity index (χ4v) is 3.33. The van der Waals surface area contributed by atoms with Crippen LogP contribution in [0.15, 0.2) is 73.1 Å². The second-order valence-corrected chi connectivity index (χ2v) is 6.59. The van der Waals surface area contributed by atoms with Gasteiger partial charge in [-0.25, -0.2) is 9.48 Å². The molecule has 0 unspecified atom stereocenters. The molecule has 2 aromatic carbocycles. The minimum atomic E-state index is -0.00722. The van der Waals surface area contributed by atoms with Crippen molar-refractivity contribution in [3.8, 4) is 5.69 Å². The zero-order chi connectivity index (χ0) is 18.5. The first kappa shape index (κ1) is 17.1. The average Bonchev–Trinajstić information content (AvgIpc) is 3.28. The van der Waals surface area contributed by atoms with Crippen LogP contribution in [0.3, 0.4) is 0 Å². The topological polar surface area (TPSA) is 53.4 Å². The SMILES string of the molecule is O=C(NCc1cccc(-n2cccn2)c1)N1CCN(c2ccccc2)CC1. The van der Waals surface area contributed by atoms with Gasteiger partial charge >= 0.3 is 6.03 Å². The Morgan fingerprint density at radius 1 is 0.926 bits per heavy atom. The molecule has 138 valence electrons. The number of aromatic nitrogens is 2. The molecule has 1 saturated heterocycles. The van der Waals surface area contributed by atoms with E-state index in [0.717, 1.165) is 37.4 Å². The molecule has 0 radical (unpaired) electrons. The number of hydrogen-bond donors (Lipinski definition) is 1. The largest absolute Gasteiger partial charge is 0.368 e. The zero-order valence-corrected chi connectivity index (χ0v) is 15.2. The number of nitrogens with zero attached hydrogens (tertiary/aromatic N) is 4. The quantitative estimate of drug-likeness (QED) is 0.777. The van der Waals surface area contributed by atoms with Crippen molar-refractivity contribution in [2.75, 3.05) is 31.1 Å². The van der Waals surface area contributed by atoms with Crippen LogP contribution in [-0.4, -0.2) is 46.9 Å². The molecule has 4 rings (SSSR count). The number of carbonyl (C=O) groups excluding carboxylic acids is 1. The van der Waals surface area contributed by atoms with Crippen LogP contribution in [0, 0.1) is 0 Å². The predicted octanol–water partition coefficient (Wildman–Crippen LogP) is 2.90. The molecule has 1 aliphatic heterocycles. The van der Waals surface area contributed by atoms with E-state index < -0.39 is 0 Å². The lowest BCUT2D eigenvalue weighted by atomic mass is 10.2. The Labute approximate surface area is 159 Å². The number of anilines is 1. The van der Waals surface area contributed by atoms with E-state index in [4.69, 9.17) is 0 Å². The number of para-hydroxylation sites is 1. The highest BCUT2D eigenvalue weighted by atomic mass is 16.2. The van der Waals surface area contributed by atoms with Crippen molar-refractivity contribution >= 4 is 11.7 Å². The molecule has 6 nitrogen and oxygen atoms in total. The van der Waals surface area contributed by atoms with Crippen molar-refractivity contribution in [3.05, 3.63) is 78.6 Å². The van der Waals surface area contributed by atoms with Crippen molar-refractivity contribution in [3.63, 3.8) is 0 Å². The minimum Gasteiger partial charge on any atom is -0.368 e. The van der Waals surface area contributed by atoms with Crippen molar-refractivity contribution < 1.29 is 4.79 Å². The lowest BCUT2D eigenvalue weighted by Crippen LogP contribution is -2.51. The van der Waals surface area contributed by atoms with E-state index in [1.54, 1.807) is 6.20 Å². The first-order valence-electron chi connectivity index (χ1n) is 9.21. The van der Waals surface area contributed by atoms with Crippen LogP contribution in [0.5, 0.6) is 0 Å².